The number of phenolic OH excluding ortho intramolecular Hbond substituents is 1. The Labute approximate surface area is 161 Å². The van der Waals surface area contributed by atoms with Crippen LogP contribution in [-0.2, 0) is 20.7 Å². The van der Waals surface area contributed by atoms with Gasteiger partial charge < -0.3 is 19.9 Å². The van der Waals surface area contributed by atoms with Gasteiger partial charge in [0.1, 0.15) is 23.5 Å². The lowest BCUT2D eigenvalue weighted by Crippen LogP contribution is -2.47. The first-order chi connectivity index (χ1) is 12.5. The zero-order chi connectivity index (χ0) is 20.2. The van der Waals surface area contributed by atoms with Crippen molar-refractivity contribution in [1.82, 2.24) is 5.32 Å². The second-order valence-corrected chi connectivity index (χ2v) is 8.55. The lowest BCUT2D eigenvalue weighted by atomic mass is 10.0. The maximum Gasteiger partial charge on any atom is 0.408 e. The fraction of sp³-hybridized carbons (Fsp3) is 0.619. The van der Waals surface area contributed by atoms with Crippen LogP contribution in [0, 0.1) is 11.8 Å². The van der Waals surface area contributed by atoms with Crippen molar-refractivity contribution >= 4 is 12.1 Å². The molecule has 2 N–H and O–H groups in total. The van der Waals surface area contributed by atoms with E-state index in [0.29, 0.717) is 5.92 Å². The Hall–Kier alpha value is -2.24. The number of nitrogens with one attached hydrogen (secondary N) is 1. The maximum absolute atomic E-state index is 12.8. The van der Waals surface area contributed by atoms with Crippen molar-refractivity contribution in [1.29, 1.82) is 0 Å². The maximum atomic E-state index is 12.8. The van der Waals surface area contributed by atoms with Crippen LogP contribution in [-0.4, -0.2) is 34.9 Å². The minimum Gasteiger partial charge on any atom is -0.508 e. The second-order valence-electron chi connectivity index (χ2n) is 8.55. The van der Waals surface area contributed by atoms with E-state index in [4.69, 9.17) is 9.47 Å². The molecule has 1 aliphatic carbocycles. The number of carbonyl (C=O) groups is 2. The number of rotatable bonds is 7. The molecule has 1 amide bonds. The van der Waals surface area contributed by atoms with Gasteiger partial charge in [-0.3, -0.25) is 0 Å². The molecule has 1 aromatic rings. The van der Waals surface area contributed by atoms with Crippen molar-refractivity contribution < 1.29 is 24.2 Å². The fourth-order valence-corrected chi connectivity index (χ4v) is 2.93. The average molecular weight is 377 g/mol. The molecule has 0 bridgehead atoms. The normalized spacial score (nSPS) is 16.5. The van der Waals surface area contributed by atoms with Gasteiger partial charge in [-0.2, -0.15) is 0 Å². The number of ether oxygens (including phenoxy) is 2. The highest BCUT2D eigenvalue weighted by atomic mass is 16.6. The summed E-state index contributed by atoms with van der Waals surface area (Å²) in [4.78, 5) is 25.0. The van der Waals surface area contributed by atoms with Crippen LogP contribution in [0.1, 0.15) is 53.0 Å². The van der Waals surface area contributed by atoms with E-state index in [9.17, 15) is 14.7 Å². The Morgan fingerprint density at radius 2 is 1.78 bits per heavy atom. The number of hydrogen-bond acceptors (Lipinski definition) is 5. The third-order valence-corrected chi connectivity index (χ3v) is 4.35. The van der Waals surface area contributed by atoms with Gasteiger partial charge in [-0.15, -0.1) is 0 Å². The van der Waals surface area contributed by atoms with Gasteiger partial charge in [0.05, 0.1) is 0 Å². The Bertz CT molecular complexity index is 642. The first kappa shape index (κ1) is 21.1. The van der Waals surface area contributed by atoms with E-state index in [2.05, 4.69) is 5.32 Å². The van der Waals surface area contributed by atoms with Gasteiger partial charge in [0.2, 0.25) is 0 Å². The average Bonchev–Trinajstić information content (AvgIpc) is 3.36. The molecule has 150 valence electrons. The molecule has 1 fully saturated rings. The van der Waals surface area contributed by atoms with Gasteiger partial charge in [0.25, 0.3) is 0 Å². The highest BCUT2D eigenvalue weighted by Gasteiger charge is 2.38. The SMILES string of the molecule is CC(C)C(OC(=O)[C@H](Cc1ccc(O)cc1)NC(=O)OC(C)(C)C)C1CC1. The molecule has 1 aromatic carbocycles. The van der Waals surface area contributed by atoms with E-state index in [1.807, 2.05) is 13.8 Å². The van der Waals surface area contributed by atoms with Crippen LogP contribution in [0.4, 0.5) is 4.79 Å². The summed E-state index contributed by atoms with van der Waals surface area (Å²) in [6.07, 6.45) is 1.60. The van der Waals surface area contributed by atoms with E-state index >= 15 is 0 Å². The Kier molecular flexibility index (Phi) is 6.73. The quantitative estimate of drug-likeness (QED) is 0.706. The number of benzene rings is 1. The van der Waals surface area contributed by atoms with Gasteiger partial charge in [-0.25, -0.2) is 9.59 Å². The smallest absolute Gasteiger partial charge is 0.408 e. The highest BCUT2D eigenvalue weighted by molar-refractivity contribution is 5.82. The van der Waals surface area contributed by atoms with Crippen molar-refractivity contribution in [2.45, 2.75) is 71.6 Å². The molecule has 0 saturated heterocycles. The first-order valence-electron chi connectivity index (χ1n) is 9.53. The largest absolute Gasteiger partial charge is 0.508 e. The summed E-state index contributed by atoms with van der Waals surface area (Å²) < 4.78 is 11.1. The van der Waals surface area contributed by atoms with Crippen molar-refractivity contribution in [2.24, 2.45) is 11.8 Å². The molecule has 27 heavy (non-hydrogen) atoms. The zero-order valence-electron chi connectivity index (χ0n) is 16.8. The molecule has 0 aliphatic heterocycles. The van der Waals surface area contributed by atoms with Gasteiger partial charge in [-0.1, -0.05) is 26.0 Å². The van der Waals surface area contributed by atoms with E-state index in [0.717, 1.165) is 18.4 Å². The minimum atomic E-state index is -0.857. The predicted molar refractivity (Wildman–Crippen MR) is 102 cm³/mol. The predicted octanol–water partition coefficient (Wildman–Crippen LogP) is 3.81. The summed E-state index contributed by atoms with van der Waals surface area (Å²) in [6.45, 7) is 9.37. The zero-order valence-corrected chi connectivity index (χ0v) is 16.8. The number of carbonyl (C=O) groups excluding carboxylic acids is 2. The number of amides is 1. The van der Waals surface area contributed by atoms with Gasteiger partial charge in [0, 0.05) is 6.42 Å². The second kappa shape index (κ2) is 8.63. The van der Waals surface area contributed by atoms with Crippen LogP contribution in [0.15, 0.2) is 24.3 Å². The Balaban J connectivity index is 2.10. The molecule has 0 aromatic heterocycles. The van der Waals surface area contributed by atoms with E-state index < -0.39 is 23.7 Å². The summed E-state index contributed by atoms with van der Waals surface area (Å²) in [5.41, 5.74) is 0.143. The van der Waals surface area contributed by atoms with Crippen LogP contribution >= 0.6 is 0 Å². The first-order valence-corrected chi connectivity index (χ1v) is 9.53. The fourth-order valence-electron chi connectivity index (χ4n) is 2.93. The van der Waals surface area contributed by atoms with Gasteiger partial charge in [0.15, 0.2) is 0 Å². The molecule has 1 saturated carbocycles. The molecule has 1 aliphatic rings. The van der Waals surface area contributed by atoms with Crippen LogP contribution < -0.4 is 5.32 Å². The molecule has 2 atom stereocenters. The molecular weight excluding hydrogens is 346 g/mol. The number of hydrogen-bond donors (Lipinski definition) is 2. The minimum absolute atomic E-state index is 0.139. The molecule has 0 heterocycles. The third-order valence-electron chi connectivity index (χ3n) is 4.35. The van der Waals surface area contributed by atoms with Gasteiger partial charge >= 0.3 is 12.1 Å². The summed E-state index contributed by atoms with van der Waals surface area (Å²) in [5, 5.41) is 12.1. The van der Waals surface area contributed by atoms with E-state index in [-0.39, 0.29) is 24.2 Å². The number of alkyl carbamates (subject to hydrolysis) is 1. The van der Waals surface area contributed by atoms with Crippen LogP contribution in [0.5, 0.6) is 5.75 Å². The summed E-state index contributed by atoms with van der Waals surface area (Å²) in [7, 11) is 0. The third kappa shape index (κ3) is 7.12. The van der Waals surface area contributed by atoms with Crippen LogP contribution in [0.25, 0.3) is 0 Å². The molecule has 2 rings (SSSR count). The Morgan fingerprint density at radius 1 is 1.19 bits per heavy atom. The van der Waals surface area contributed by atoms with Crippen LogP contribution in [0.3, 0.4) is 0 Å². The molecule has 0 radical (unpaired) electrons. The molecule has 1 unspecified atom stereocenters. The summed E-state index contributed by atoms with van der Waals surface area (Å²) >= 11 is 0. The molecule has 0 spiro atoms. The lowest BCUT2D eigenvalue weighted by molar-refractivity contribution is -0.155. The molecule has 6 heteroatoms. The number of phenols is 1. The number of esters is 1. The van der Waals surface area contributed by atoms with E-state index in [1.165, 1.54) is 0 Å². The standard InChI is InChI=1S/C21H31NO5/c1-13(2)18(15-8-9-15)26-19(24)17(22-20(25)27-21(3,4)5)12-14-6-10-16(23)11-7-14/h6-7,10-11,13,15,17-18,23H,8-9,12H2,1-5H3,(H,22,25)/t17-,18?/m0/s1. The van der Waals surface area contributed by atoms with Crippen molar-refractivity contribution in [3.63, 3.8) is 0 Å². The topological polar surface area (TPSA) is 84.9 Å². The molecular formula is C21H31NO5. The number of aromatic hydroxyl groups is 1. The summed E-state index contributed by atoms with van der Waals surface area (Å²) in [6, 6.07) is 5.67. The van der Waals surface area contributed by atoms with Crippen molar-refractivity contribution in [3.05, 3.63) is 29.8 Å². The van der Waals surface area contributed by atoms with Crippen LogP contribution in [0.2, 0.25) is 0 Å². The Morgan fingerprint density at radius 3 is 2.26 bits per heavy atom. The highest BCUT2D eigenvalue weighted by Crippen LogP contribution is 2.37. The van der Waals surface area contributed by atoms with Crippen molar-refractivity contribution in [3.8, 4) is 5.75 Å². The van der Waals surface area contributed by atoms with Crippen molar-refractivity contribution in [2.75, 3.05) is 0 Å². The lowest BCUT2D eigenvalue weighted by Gasteiger charge is -2.26. The molecule has 6 nitrogen and oxygen atoms in total. The monoisotopic (exact) mass is 377 g/mol. The van der Waals surface area contributed by atoms with Gasteiger partial charge in [-0.05, 0) is 63.1 Å². The van der Waals surface area contributed by atoms with E-state index in [1.54, 1.807) is 45.0 Å². The summed E-state index contributed by atoms with van der Waals surface area (Å²) in [5.74, 6) is 0.313.